The minimum absolute atomic E-state index is 0.507. The van der Waals surface area contributed by atoms with Gasteiger partial charge in [-0.15, -0.1) is 0 Å². The standard InChI is InChI=1S/C10H8ClNS/c1-6-2-7(4-12)8(3-9(6)11)10-5-13-10/h2-3,10H,5H2,1H3. The van der Waals surface area contributed by atoms with Crippen molar-refractivity contribution in [3.8, 4) is 6.07 Å². The van der Waals surface area contributed by atoms with E-state index in [2.05, 4.69) is 6.07 Å². The van der Waals surface area contributed by atoms with E-state index in [4.69, 9.17) is 16.9 Å². The highest BCUT2D eigenvalue weighted by Gasteiger charge is 2.27. The third-order valence-corrected chi connectivity index (χ3v) is 3.46. The van der Waals surface area contributed by atoms with E-state index in [9.17, 15) is 0 Å². The molecule has 1 fully saturated rings. The van der Waals surface area contributed by atoms with Gasteiger partial charge >= 0.3 is 0 Å². The van der Waals surface area contributed by atoms with Crippen LogP contribution in [0.4, 0.5) is 0 Å². The summed E-state index contributed by atoms with van der Waals surface area (Å²) in [5.41, 5.74) is 2.85. The first-order chi connectivity index (χ1) is 6.22. The molecule has 1 aromatic rings. The van der Waals surface area contributed by atoms with E-state index in [1.807, 2.05) is 30.8 Å². The van der Waals surface area contributed by atoms with Gasteiger partial charge in [0.25, 0.3) is 0 Å². The van der Waals surface area contributed by atoms with Gasteiger partial charge in [-0.25, -0.2) is 0 Å². The number of rotatable bonds is 1. The number of nitriles is 1. The molecule has 1 unspecified atom stereocenters. The molecular formula is C10H8ClNS. The molecule has 0 N–H and O–H groups in total. The summed E-state index contributed by atoms with van der Waals surface area (Å²) in [5.74, 6) is 1.12. The van der Waals surface area contributed by atoms with Crippen LogP contribution >= 0.6 is 23.4 Å². The van der Waals surface area contributed by atoms with E-state index >= 15 is 0 Å². The number of halogens is 1. The molecule has 1 atom stereocenters. The fraction of sp³-hybridized carbons (Fsp3) is 0.300. The molecule has 0 aromatic heterocycles. The maximum atomic E-state index is 8.91. The van der Waals surface area contributed by atoms with Crippen LogP contribution in [0.3, 0.4) is 0 Å². The molecule has 3 heteroatoms. The van der Waals surface area contributed by atoms with Crippen molar-refractivity contribution in [3.63, 3.8) is 0 Å². The van der Waals surface area contributed by atoms with Crippen molar-refractivity contribution >= 4 is 23.4 Å². The SMILES string of the molecule is Cc1cc(C#N)c(C2CS2)cc1Cl. The third kappa shape index (κ3) is 1.67. The maximum Gasteiger partial charge on any atom is 0.0995 e. The second-order valence-corrected chi connectivity index (χ2v) is 4.77. The van der Waals surface area contributed by atoms with E-state index in [0.29, 0.717) is 5.25 Å². The fourth-order valence-corrected chi connectivity index (χ4v) is 2.11. The summed E-state index contributed by atoms with van der Waals surface area (Å²) in [6, 6.07) is 6.02. The van der Waals surface area contributed by atoms with Crippen LogP contribution < -0.4 is 0 Å². The second-order valence-electron chi connectivity index (χ2n) is 3.12. The Morgan fingerprint density at radius 2 is 2.31 bits per heavy atom. The van der Waals surface area contributed by atoms with Gasteiger partial charge in [0.05, 0.1) is 11.6 Å². The molecule has 0 bridgehead atoms. The van der Waals surface area contributed by atoms with Crippen molar-refractivity contribution < 1.29 is 0 Å². The van der Waals surface area contributed by atoms with Crippen LogP contribution in [-0.4, -0.2) is 5.75 Å². The first kappa shape index (κ1) is 8.93. The lowest BCUT2D eigenvalue weighted by atomic mass is 10.0. The molecule has 1 heterocycles. The van der Waals surface area contributed by atoms with Crippen molar-refractivity contribution in [1.82, 2.24) is 0 Å². The molecule has 0 amide bonds. The van der Waals surface area contributed by atoms with Crippen molar-refractivity contribution in [1.29, 1.82) is 5.26 Å². The van der Waals surface area contributed by atoms with Gasteiger partial charge in [0.1, 0.15) is 0 Å². The zero-order valence-electron chi connectivity index (χ0n) is 7.17. The van der Waals surface area contributed by atoms with Gasteiger partial charge in [0.2, 0.25) is 0 Å². The Kier molecular flexibility index (Phi) is 2.23. The van der Waals surface area contributed by atoms with Crippen molar-refractivity contribution in [2.45, 2.75) is 12.2 Å². The van der Waals surface area contributed by atoms with Gasteiger partial charge in [-0.05, 0) is 30.2 Å². The highest BCUT2D eigenvalue weighted by Crippen LogP contribution is 2.48. The van der Waals surface area contributed by atoms with Crippen LogP contribution in [0, 0.1) is 18.3 Å². The number of hydrogen-bond acceptors (Lipinski definition) is 2. The third-order valence-electron chi connectivity index (χ3n) is 2.13. The topological polar surface area (TPSA) is 23.8 Å². The highest BCUT2D eigenvalue weighted by atomic mass is 35.5. The first-order valence-corrected chi connectivity index (χ1v) is 5.47. The smallest absolute Gasteiger partial charge is 0.0995 e. The zero-order valence-corrected chi connectivity index (χ0v) is 8.75. The Hall–Kier alpha value is -0.650. The first-order valence-electron chi connectivity index (χ1n) is 4.04. The van der Waals surface area contributed by atoms with Crippen molar-refractivity contribution in [2.75, 3.05) is 5.75 Å². The molecule has 1 aromatic carbocycles. The number of benzene rings is 1. The fourth-order valence-electron chi connectivity index (χ4n) is 1.29. The maximum absolute atomic E-state index is 8.91. The lowest BCUT2D eigenvalue weighted by Crippen LogP contribution is -1.89. The number of nitrogens with zero attached hydrogens (tertiary/aromatic N) is 1. The summed E-state index contributed by atoms with van der Waals surface area (Å²) in [6.07, 6.45) is 0. The molecule has 66 valence electrons. The average Bonchev–Trinajstić information content (AvgIpc) is 2.92. The van der Waals surface area contributed by atoms with Crippen molar-refractivity contribution in [3.05, 3.63) is 33.8 Å². The van der Waals surface area contributed by atoms with Crippen LogP contribution in [0.5, 0.6) is 0 Å². The van der Waals surface area contributed by atoms with E-state index in [1.54, 1.807) is 0 Å². The lowest BCUT2D eigenvalue weighted by Gasteiger charge is -2.04. The molecular weight excluding hydrogens is 202 g/mol. The summed E-state index contributed by atoms with van der Waals surface area (Å²) in [4.78, 5) is 0. The average molecular weight is 210 g/mol. The summed E-state index contributed by atoms with van der Waals surface area (Å²) in [7, 11) is 0. The molecule has 0 spiro atoms. The lowest BCUT2D eigenvalue weighted by molar-refractivity contribution is 1.20. The summed E-state index contributed by atoms with van der Waals surface area (Å²) in [6.45, 7) is 1.92. The molecule has 2 rings (SSSR count). The van der Waals surface area contributed by atoms with E-state index in [-0.39, 0.29) is 0 Å². The Morgan fingerprint density at radius 1 is 1.62 bits per heavy atom. The van der Waals surface area contributed by atoms with Gasteiger partial charge in [0, 0.05) is 16.0 Å². The summed E-state index contributed by atoms with van der Waals surface area (Å²) in [5, 5.41) is 10.2. The quantitative estimate of drug-likeness (QED) is 0.663. The van der Waals surface area contributed by atoms with Crippen LogP contribution in [0.25, 0.3) is 0 Å². The molecule has 13 heavy (non-hydrogen) atoms. The van der Waals surface area contributed by atoms with E-state index in [0.717, 1.165) is 27.5 Å². The molecule has 0 saturated carbocycles. The normalized spacial score (nSPS) is 19.6. The number of aryl methyl sites for hydroxylation is 1. The van der Waals surface area contributed by atoms with E-state index in [1.165, 1.54) is 0 Å². The molecule has 1 nitrogen and oxygen atoms in total. The Morgan fingerprint density at radius 3 is 2.85 bits per heavy atom. The Balaban J connectivity index is 2.54. The van der Waals surface area contributed by atoms with Gasteiger partial charge in [0.15, 0.2) is 0 Å². The predicted molar refractivity (Wildman–Crippen MR) is 56.1 cm³/mol. The van der Waals surface area contributed by atoms with Gasteiger partial charge in [-0.2, -0.15) is 17.0 Å². The molecule has 1 aliphatic rings. The van der Waals surface area contributed by atoms with Gasteiger partial charge in [-0.3, -0.25) is 0 Å². The highest BCUT2D eigenvalue weighted by molar-refractivity contribution is 8.06. The molecule has 1 aliphatic heterocycles. The van der Waals surface area contributed by atoms with Gasteiger partial charge in [-0.1, -0.05) is 11.6 Å². The molecule has 1 saturated heterocycles. The van der Waals surface area contributed by atoms with Crippen LogP contribution in [0.2, 0.25) is 5.02 Å². The number of hydrogen-bond donors (Lipinski definition) is 0. The molecule has 0 aliphatic carbocycles. The molecule has 0 radical (unpaired) electrons. The van der Waals surface area contributed by atoms with E-state index < -0.39 is 0 Å². The second kappa shape index (κ2) is 3.25. The van der Waals surface area contributed by atoms with Crippen LogP contribution in [-0.2, 0) is 0 Å². The minimum Gasteiger partial charge on any atom is -0.192 e. The Labute approximate surface area is 86.7 Å². The van der Waals surface area contributed by atoms with Crippen LogP contribution in [0.15, 0.2) is 12.1 Å². The predicted octanol–water partition coefficient (Wildman–Crippen LogP) is 3.31. The zero-order chi connectivity index (χ0) is 9.42. The summed E-state index contributed by atoms with van der Waals surface area (Å²) >= 11 is 7.85. The monoisotopic (exact) mass is 209 g/mol. The largest absolute Gasteiger partial charge is 0.192 e. The minimum atomic E-state index is 0.507. The number of thioether (sulfide) groups is 1. The Bertz CT molecular complexity index is 391. The van der Waals surface area contributed by atoms with Gasteiger partial charge < -0.3 is 0 Å². The van der Waals surface area contributed by atoms with Crippen LogP contribution in [0.1, 0.15) is 21.9 Å². The van der Waals surface area contributed by atoms with Crippen molar-refractivity contribution in [2.24, 2.45) is 0 Å². The summed E-state index contributed by atoms with van der Waals surface area (Å²) < 4.78 is 0.